The minimum atomic E-state index is -0.455. The number of allylic oxidation sites excluding steroid dienone is 2. The molecule has 0 bridgehead atoms. The van der Waals surface area contributed by atoms with Crippen LogP contribution < -0.4 is 9.47 Å². The molecule has 0 heterocycles. The zero-order chi connectivity index (χ0) is 22.6. The second-order valence-corrected chi connectivity index (χ2v) is 5.94. The van der Waals surface area contributed by atoms with E-state index in [0.717, 1.165) is 12.5 Å². The largest absolute Gasteiger partial charge is 0.504 e. The molecule has 0 radical (unpaired) electrons. The zero-order valence-electron chi connectivity index (χ0n) is 16.0. The smallest absolute Gasteiger partial charge is 0.175 e. The summed E-state index contributed by atoms with van der Waals surface area (Å²) < 4.78 is 9.77. The van der Waals surface area contributed by atoms with E-state index in [-0.39, 0.29) is 29.4 Å². The van der Waals surface area contributed by atoms with Crippen LogP contribution >= 0.6 is 0 Å². The highest BCUT2D eigenvalue weighted by Crippen LogP contribution is 2.28. The predicted octanol–water partition coefficient (Wildman–Crippen LogP) is 2.80. The highest BCUT2D eigenvalue weighted by Gasteiger charge is 2.06. The van der Waals surface area contributed by atoms with Gasteiger partial charge in [-0.3, -0.25) is 9.59 Å². The maximum Gasteiger partial charge on any atom is 0.175 e. The molecule has 0 unspecified atom stereocenters. The van der Waals surface area contributed by atoms with E-state index in [1.807, 2.05) is 0 Å². The van der Waals surface area contributed by atoms with Gasteiger partial charge in [0.2, 0.25) is 0 Å². The lowest BCUT2D eigenvalue weighted by Gasteiger charge is -2.03. The van der Waals surface area contributed by atoms with Crippen molar-refractivity contribution >= 4 is 35.6 Å². The summed E-state index contributed by atoms with van der Waals surface area (Å²) in [5.74, 6) is 1.55. The molecule has 2 rings (SSSR count). The minimum absolute atomic E-state index is 0.0119. The molecule has 8 nitrogen and oxygen atoms in total. The van der Waals surface area contributed by atoms with Crippen LogP contribution in [0.15, 0.2) is 61.1 Å². The van der Waals surface area contributed by atoms with Gasteiger partial charge < -0.3 is 19.7 Å². The second kappa shape index (κ2) is 11.4. The molecule has 0 amide bonds. The molecule has 8 heteroatoms. The molecule has 0 spiro atoms. The van der Waals surface area contributed by atoms with Gasteiger partial charge in [-0.15, -0.1) is 0 Å². The average molecular weight is 420 g/mol. The summed E-state index contributed by atoms with van der Waals surface area (Å²) in [6, 6.07) is 8.49. The first kappa shape index (κ1) is 22.6. The molecule has 0 aliphatic carbocycles. The van der Waals surface area contributed by atoms with Crippen molar-refractivity contribution in [1.82, 2.24) is 0 Å². The number of carbonyl (C=O) groups is 2. The number of hydrogen-bond donors (Lipinski definition) is 2. The van der Waals surface area contributed by atoms with Gasteiger partial charge in [-0.2, -0.15) is 0 Å². The Balaban J connectivity index is 1.99. The van der Waals surface area contributed by atoms with Gasteiger partial charge in [-0.1, -0.05) is 24.3 Å². The molecular weight excluding hydrogens is 404 g/mol. The third-order valence-corrected chi connectivity index (χ3v) is 3.71. The summed E-state index contributed by atoms with van der Waals surface area (Å²) in [6.45, 7) is 0. The molecule has 0 aromatic heterocycles. The topological polar surface area (TPSA) is 127 Å². The summed E-state index contributed by atoms with van der Waals surface area (Å²) in [7, 11) is 0. The molecule has 2 N–H and O–H groups in total. The fourth-order valence-corrected chi connectivity index (χ4v) is 2.30. The van der Waals surface area contributed by atoms with E-state index < -0.39 is 11.6 Å². The van der Waals surface area contributed by atoms with E-state index in [4.69, 9.17) is 9.47 Å². The summed E-state index contributed by atoms with van der Waals surface area (Å²) in [5, 5.41) is 19.3. The molecule has 0 atom stereocenters. The number of phenols is 2. The molecule has 0 saturated heterocycles. The molecule has 0 saturated carbocycles. The molecule has 0 fully saturated rings. The van der Waals surface area contributed by atoms with Gasteiger partial charge in [0.25, 0.3) is 0 Å². The van der Waals surface area contributed by atoms with E-state index in [1.165, 1.54) is 72.6 Å². The Labute approximate surface area is 176 Å². The maximum absolute atomic E-state index is 12.0. The Morgan fingerprint density at radius 2 is 1.19 bits per heavy atom. The maximum atomic E-state index is 12.0. The Kier molecular flexibility index (Phi) is 8.32. The number of benzene rings is 2. The van der Waals surface area contributed by atoms with Crippen LogP contribution in [0, 0.1) is 0 Å². The van der Waals surface area contributed by atoms with Crippen molar-refractivity contribution in [2.24, 2.45) is 0 Å². The summed E-state index contributed by atoms with van der Waals surface area (Å²) in [4.78, 5) is 44.4. The van der Waals surface area contributed by atoms with E-state index in [2.05, 4.69) is 0 Å². The number of rotatable bonds is 10. The second-order valence-electron chi connectivity index (χ2n) is 5.94. The van der Waals surface area contributed by atoms with Crippen molar-refractivity contribution < 1.29 is 38.9 Å². The van der Waals surface area contributed by atoms with Crippen LogP contribution in [0.5, 0.6) is 23.0 Å². The van der Waals surface area contributed by atoms with Gasteiger partial charge in [0.15, 0.2) is 59.0 Å². The van der Waals surface area contributed by atoms with Gasteiger partial charge >= 0.3 is 0 Å². The minimum Gasteiger partial charge on any atom is -0.504 e. The van der Waals surface area contributed by atoms with Gasteiger partial charge in [0.05, 0.1) is 6.42 Å². The van der Waals surface area contributed by atoms with E-state index in [1.54, 1.807) is 0 Å². The number of phenolic OH excluding ortho intramolecular Hbond substituents is 2. The first-order valence-electron chi connectivity index (χ1n) is 8.73. The average Bonchev–Trinajstić information content (AvgIpc) is 2.76. The Morgan fingerprint density at radius 1 is 0.774 bits per heavy atom. The van der Waals surface area contributed by atoms with Gasteiger partial charge in [-0.05, 0) is 47.5 Å². The van der Waals surface area contributed by atoms with E-state index >= 15 is 0 Å². The van der Waals surface area contributed by atoms with Crippen LogP contribution in [0.3, 0.4) is 0 Å². The van der Waals surface area contributed by atoms with Gasteiger partial charge in [0, 0.05) is 0 Å². The number of ketones is 2. The first-order chi connectivity index (χ1) is 14.9. The quantitative estimate of drug-likeness (QED) is 0.260. The molecule has 2 aromatic carbocycles. The lowest BCUT2D eigenvalue weighted by atomic mass is 10.1. The number of aromatic hydroxyl groups is 2. The molecule has 0 aliphatic rings. The zero-order valence-corrected chi connectivity index (χ0v) is 16.0. The number of ether oxygens (including phenoxy) is 2. The van der Waals surface area contributed by atoms with Crippen LogP contribution in [0.1, 0.15) is 17.5 Å². The monoisotopic (exact) mass is 420 g/mol. The van der Waals surface area contributed by atoms with Crippen molar-refractivity contribution in [2.75, 3.05) is 0 Å². The predicted molar refractivity (Wildman–Crippen MR) is 111 cm³/mol. The highest BCUT2D eigenvalue weighted by atomic mass is 16.5. The van der Waals surface area contributed by atoms with Gasteiger partial charge in [-0.25, -0.2) is 9.59 Å². The molecular formula is C23H16O8. The van der Waals surface area contributed by atoms with Crippen LogP contribution in [0.4, 0.5) is 0 Å². The highest BCUT2D eigenvalue weighted by molar-refractivity contribution is 6.10. The number of carbonyl (C=O) groups excluding carboxylic acids is 4. The van der Waals surface area contributed by atoms with E-state index in [0.29, 0.717) is 11.1 Å². The van der Waals surface area contributed by atoms with Crippen molar-refractivity contribution in [3.8, 4) is 23.0 Å². The lowest BCUT2D eigenvalue weighted by molar-refractivity contribution is -0.121. The molecule has 2 aromatic rings. The Hall–Kier alpha value is -4.64. The van der Waals surface area contributed by atoms with Crippen LogP contribution in [0.25, 0.3) is 12.2 Å². The van der Waals surface area contributed by atoms with Crippen LogP contribution in [0.2, 0.25) is 0 Å². The standard InChI is InChI=1S/C23H16O8/c24-9-11-30-22-13-16(3-7-20(22)28)1-5-18(26)15-19(27)6-2-17-4-8-21(29)23(14-17)31-12-10-25/h1-8,11-14,28-29H,15H2/b5-1+,6-2+. The summed E-state index contributed by atoms with van der Waals surface area (Å²) in [5.41, 5.74) is 1.01. The van der Waals surface area contributed by atoms with Crippen molar-refractivity contribution in [1.29, 1.82) is 0 Å². The van der Waals surface area contributed by atoms with Gasteiger partial charge in [0.1, 0.15) is 0 Å². The molecule has 31 heavy (non-hydrogen) atoms. The third-order valence-electron chi connectivity index (χ3n) is 3.71. The lowest BCUT2D eigenvalue weighted by Crippen LogP contribution is -2.01. The Bertz CT molecular complexity index is 1040. The SMILES string of the molecule is O=C=COc1cc(/C=C/C(=O)CC(=O)/C=C/c2ccc(O)c(OC=C=O)c2)ccc1O. The number of hydrogen-bond acceptors (Lipinski definition) is 8. The summed E-state index contributed by atoms with van der Waals surface area (Å²) in [6.07, 6.45) is 6.37. The first-order valence-corrected chi connectivity index (χ1v) is 8.73. The van der Waals surface area contributed by atoms with Crippen molar-refractivity contribution in [3.63, 3.8) is 0 Å². The van der Waals surface area contributed by atoms with Crippen molar-refractivity contribution in [2.45, 2.75) is 6.42 Å². The fraction of sp³-hybridized carbons (Fsp3) is 0.0435. The third kappa shape index (κ3) is 7.36. The summed E-state index contributed by atoms with van der Waals surface area (Å²) >= 11 is 0. The van der Waals surface area contributed by atoms with Crippen LogP contribution in [-0.4, -0.2) is 33.7 Å². The van der Waals surface area contributed by atoms with Crippen molar-refractivity contribution in [3.05, 3.63) is 72.2 Å². The fourth-order valence-electron chi connectivity index (χ4n) is 2.30. The van der Waals surface area contributed by atoms with E-state index in [9.17, 15) is 29.4 Å². The molecule has 156 valence electrons. The Morgan fingerprint density at radius 3 is 1.58 bits per heavy atom. The molecule has 0 aliphatic heterocycles. The normalized spacial score (nSPS) is 10.3. The van der Waals surface area contributed by atoms with Crippen LogP contribution in [-0.2, 0) is 19.2 Å².